The fourth-order valence-electron chi connectivity index (χ4n) is 2.46. The normalized spacial score (nSPS) is 21.9. The molecule has 0 aliphatic carbocycles. The Labute approximate surface area is 108 Å². The van der Waals surface area contributed by atoms with Crippen LogP contribution in [0.1, 0.15) is 44.8 Å². The minimum Gasteiger partial charge on any atom is -0.308 e. The SMILES string of the molecule is CCCNC(c1ccnn1CC)C1CCCS1. The summed E-state index contributed by atoms with van der Waals surface area (Å²) in [6, 6.07) is 2.65. The summed E-state index contributed by atoms with van der Waals surface area (Å²) in [6.07, 6.45) is 5.81. The molecule has 2 unspecified atom stereocenters. The van der Waals surface area contributed by atoms with Crippen molar-refractivity contribution in [3.8, 4) is 0 Å². The summed E-state index contributed by atoms with van der Waals surface area (Å²) < 4.78 is 2.13. The maximum Gasteiger partial charge on any atom is 0.0612 e. The molecule has 1 saturated heterocycles. The first-order valence-corrected chi connectivity index (χ1v) is 7.78. The van der Waals surface area contributed by atoms with Gasteiger partial charge in [0.05, 0.1) is 11.7 Å². The van der Waals surface area contributed by atoms with Crippen LogP contribution in [-0.2, 0) is 6.54 Å². The van der Waals surface area contributed by atoms with Crippen LogP contribution in [0.4, 0.5) is 0 Å². The van der Waals surface area contributed by atoms with Gasteiger partial charge in [0, 0.05) is 18.0 Å². The molecule has 1 aliphatic heterocycles. The second-order valence-electron chi connectivity index (χ2n) is 4.56. The fraction of sp³-hybridized carbons (Fsp3) is 0.769. The summed E-state index contributed by atoms with van der Waals surface area (Å²) in [4.78, 5) is 0. The number of nitrogens with one attached hydrogen (secondary N) is 1. The van der Waals surface area contributed by atoms with E-state index in [1.54, 1.807) is 0 Å². The van der Waals surface area contributed by atoms with Gasteiger partial charge in [0.2, 0.25) is 0 Å². The average Bonchev–Trinajstić information content (AvgIpc) is 3.00. The highest BCUT2D eigenvalue weighted by atomic mass is 32.2. The van der Waals surface area contributed by atoms with Gasteiger partial charge < -0.3 is 5.32 Å². The topological polar surface area (TPSA) is 29.9 Å². The van der Waals surface area contributed by atoms with Crippen molar-refractivity contribution >= 4 is 11.8 Å². The van der Waals surface area contributed by atoms with E-state index in [-0.39, 0.29) is 0 Å². The first kappa shape index (κ1) is 13.0. The van der Waals surface area contributed by atoms with Crippen molar-refractivity contribution < 1.29 is 0 Å². The van der Waals surface area contributed by atoms with E-state index in [1.165, 1.54) is 30.7 Å². The van der Waals surface area contributed by atoms with E-state index >= 15 is 0 Å². The molecule has 1 N–H and O–H groups in total. The Balaban J connectivity index is 2.13. The van der Waals surface area contributed by atoms with Crippen molar-refractivity contribution in [1.82, 2.24) is 15.1 Å². The Kier molecular flexibility index (Phi) is 4.92. The molecule has 0 bridgehead atoms. The first-order valence-electron chi connectivity index (χ1n) is 6.73. The van der Waals surface area contributed by atoms with Crippen molar-refractivity contribution in [3.63, 3.8) is 0 Å². The van der Waals surface area contributed by atoms with Crippen LogP contribution in [0.3, 0.4) is 0 Å². The molecule has 2 atom stereocenters. The van der Waals surface area contributed by atoms with Crippen molar-refractivity contribution in [3.05, 3.63) is 18.0 Å². The zero-order chi connectivity index (χ0) is 12.1. The number of hydrogen-bond donors (Lipinski definition) is 1. The van der Waals surface area contributed by atoms with Gasteiger partial charge in [-0.2, -0.15) is 16.9 Å². The molecule has 1 aromatic heterocycles. The summed E-state index contributed by atoms with van der Waals surface area (Å²) in [7, 11) is 0. The molecule has 1 aromatic rings. The molecular weight excluding hydrogens is 230 g/mol. The highest BCUT2D eigenvalue weighted by Crippen LogP contribution is 2.35. The molecular formula is C13H23N3S. The molecule has 0 radical (unpaired) electrons. The van der Waals surface area contributed by atoms with E-state index in [1.807, 2.05) is 6.20 Å². The lowest BCUT2D eigenvalue weighted by Crippen LogP contribution is -2.31. The summed E-state index contributed by atoms with van der Waals surface area (Å²) in [5.74, 6) is 1.31. The van der Waals surface area contributed by atoms with Gasteiger partial charge in [0.15, 0.2) is 0 Å². The van der Waals surface area contributed by atoms with Crippen LogP contribution < -0.4 is 5.32 Å². The highest BCUT2D eigenvalue weighted by Gasteiger charge is 2.28. The zero-order valence-corrected chi connectivity index (χ0v) is 11.7. The predicted octanol–water partition coefficient (Wildman–Crippen LogP) is 2.84. The molecule has 3 nitrogen and oxygen atoms in total. The van der Waals surface area contributed by atoms with Crippen LogP contribution in [-0.4, -0.2) is 27.3 Å². The van der Waals surface area contributed by atoms with Gasteiger partial charge in [-0.05, 0) is 44.6 Å². The summed E-state index contributed by atoms with van der Waals surface area (Å²) in [5.41, 5.74) is 1.36. The Bertz CT molecular complexity index is 331. The number of thioether (sulfide) groups is 1. The lowest BCUT2D eigenvalue weighted by Gasteiger charge is -2.24. The van der Waals surface area contributed by atoms with Crippen LogP contribution in [0.2, 0.25) is 0 Å². The standard InChI is InChI=1S/C13H23N3S/c1-3-8-14-13(12-6-5-10-17-12)11-7-9-15-16(11)4-2/h7,9,12-14H,3-6,8,10H2,1-2H3. The van der Waals surface area contributed by atoms with E-state index in [0.29, 0.717) is 6.04 Å². The molecule has 1 fully saturated rings. The average molecular weight is 253 g/mol. The van der Waals surface area contributed by atoms with Crippen LogP contribution in [0, 0.1) is 0 Å². The summed E-state index contributed by atoms with van der Waals surface area (Å²) in [5, 5.41) is 8.83. The Morgan fingerprint density at radius 1 is 1.59 bits per heavy atom. The molecule has 17 heavy (non-hydrogen) atoms. The van der Waals surface area contributed by atoms with Gasteiger partial charge in [-0.25, -0.2) is 0 Å². The predicted molar refractivity (Wildman–Crippen MR) is 74.4 cm³/mol. The lowest BCUT2D eigenvalue weighted by atomic mass is 10.1. The summed E-state index contributed by atoms with van der Waals surface area (Å²) >= 11 is 2.11. The fourth-order valence-corrected chi connectivity index (χ4v) is 3.86. The molecule has 2 rings (SSSR count). The van der Waals surface area contributed by atoms with E-state index < -0.39 is 0 Å². The molecule has 1 aliphatic rings. The quantitative estimate of drug-likeness (QED) is 0.845. The molecule has 0 amide bonds. The summed E-state index contributed by atoms with van der Waals surface area (Å²) in [6.45, 7) is 6.44. The van der Waals surface area contributed by atoms with E-state index in [4.69, 9.17) is 0 Å². The minimum absolute atomic E-state index is 0.477. The van der Waals surface area contributed by atoms with Crippen LogP contribution in [0.5, 0.6) is 0 Å². The van der Waals surface area contributed by atoms with E-state index in [2.05, 4.69) is 46.8 Å². The molecule has 0 aromatic carbocycles. The third-order valence-electron chi connectivity index (χ3n) is 3.32. The Morgan fingerprint density at radius 3 is 3.12 bits per heavy atom. The van der Waals surface area contributed by atoms with E-state index in [9.17, 15) is 0 Å². The van der Waals surface area contributed by atoms with Crippen LogP contribution >= 0.6 is 11.8 Å². The second-order valence-corrected chi connectivity index (χ2v) is 5.90. The molecule has 96 valence electrons. The van der Waals surface area contributed by atoms with Gasteiger partial charge in [-0.15, -0.1) is 0 Å². The Morgan fingerprint density at radius 2 is 2.47 bits per heavy atom. The van der Waals surface area contributed by atoms with Crippen LogP contribution in [0.15, 0.2) is 12.3 Å². The molecule has 0 saturated carbocycles. The lowest BCUT2D eigenvalue weighted by molar-refractivity contribution is 0.461. The van der Waals surface area contributed by atoms with Gasteiger partial charge in [0.25, 0.3) is 0 Å². The number of nitrogens with zero attached hydrogens (tertiary/aromatic N) is 2. The van der Waals surface area contributed by atoms with Gasteiger partial charge in [0.1, 0.15) is 0 Å². The maximum atomic E-state index is 4.40. The third kappa shape index (κ3) is 3.05. The zero-order valence-electron chi connectivity index (χ0n) is 10.9. The molecule has 4 heteroatoms. The number of hydrogen-bond acceptors (Lipinski definition) is 3. The monoisotopic (exact) mass is 253 g/mol. The largest absolute Gasteiger partial charge is 0.308 e. The smallest absolute Gasteiger partial charge is 0.0612 e. The molecule has 2 heterocycles. The first-order chi connectivity index (χ1) is 8.36. The minimum atomic E-state index is 0.477. The number of rotatable bonds is 6. The molecule has 0 spiro atoms. The van der Waals surface area contributed by atoms with Crippen molar-refractivity contribution in [2.45, 2.75) is 50.9 Å². The van der Waals surface area contributed by atoms with Gasteiger partial charge >= 0.3 is 0 Å². The van der Waals surface area contributed by atoms with E-state index in [0.717, 1.165) is 18.3 Å². The Hall–Kier alpha value is -0.480. The van der Waals surface area contributed by atoms with Gasteiger partial charge in [-0.1, -0.05) is 6.92 Å². The van der Waals surface area contributed by atoms with Gasteiger partial charge in [-0.3, -0.25) is 4.68 Å². The van der Waals surface area contributed by atoms with Crippen LogP contribution in [0.25, 0.3) is 0 Å². The second kappa shape index (κ2) is 6.45. The van der Waals surface area contributed by atoms with Crippen molar-refractivity contribution in [1.29, 1.82) is 0 Å². The third-order valence-corrected chi connectivity index (χ3v) is 4.78. The number of aryl methyl sites for hydroxylation is 1. The van der Waals surface area contributed by atoms with Crippen molar-refractivity contribution in [2.75, 3.05) is 12.3 Å². The van der Waals surface area contributed by atoms with Crippen molar-refractivity contribution in [2.24, 2.45) is 0 Å². The highest BCUT2D eigenvalue weighted by molar-refractivity contribution is 8.00. The maximum absolute atomic E-state index is 4.40. The number of aromatic nitrogens is 2.